The molecule has 1 aromatic heterocycles. The van der Waals surface area contributed by atoms with Gasteiger partial charge in [-0.2, -0.15) is 0 Å². The van der Waals surface area contributed by atoms with Gasteiger partial charge in [0, 0.05) is 5.56 Å². The van der Waals surface area contributed by atoms with Gasteiger partial charge < -0.3 is 4.74 Å². The summed E-state index contributed by atoms with van der Waals surface area (Å²) in [6.07, 6.45) is 16.2. The highest BCUT2D eigenvalue weighted by Gasteiger charge is 2.23. The van der Waals surface area contributed by atoms with Crippen LogP contribution in [0.25, 0.3) is 11.3 Å². The van der Waals surface area contributed by atoms with Crippen LogP contribution in [0, 0.1) is 5.92 Å². The van der Waals surface area contributed by atoms with Crippen molar-refractivity contribution in [2.24, 2.45) is 5.92 Å². The number of aryl methyl sites for hydroxylation is 1. The van der Waals surface area contributed by atoms with Crippen LogP contribution >= 0.6 is 0 Å². The van der Waals surface area contributed by atoms with Crippen LogP contribution < -0.4 is 4.74 Å². The molecule has 1 heterocycles. The lowest BCUT2D eigenvalue weighted by Crippen LogP contribution is -2.22. The third-order valence-corrected chi connectivity index (χ3v) is 5.96. The number of hydrogen-bond donors (Lipinski definition) is 0. The number of esters is 1. The van der Waals surface area contributed by atoms with E-state index in [1.807, 2.05) is 12.1 Å². The Balaban J connectivity index is 1.47. The third kappa shape index (κ3) is 6.99. The van der Waals surface area contributed by atoms with E-state index in [0.29, 0.717) is 5.75 Å². The first-order chi connectivity index (χ1) is 14.3. The molecule has 29 heavy (non-hydrogen) atoms. The molecule has 156 valence electrons. The summed E-state index contributed by atoms with van der Waals surface area (Å²) in [6.45, 7) is 2.26. The van der Waals surface area contributed by atoms with Crippen LogP contribution in [0.3, 0.4) is 0 Å². The Morgan fingerprint density at radius 3 is 2.34 bits per heavy atom. The van der Waals surface area contributed by atoms with E-state index >= 15 is 0 Å². The molecule has 0 aliphatic heterocycles. The lowest BCUT2D eigenvalue weighted by atomic mass is 9.89. The fraction of sp³-hybridized carbons (Fsp3) is 0.538. The molecule has 0 saturated heterocycles. The Bertz CT molecular complexity index is 730. The Morgan fingerprint density at radius 1 is 0.931 bits per heavy atom. The van der Waals surface area contributed by atoms with Crippen LogP contribution in [-0.2, 0) is 11.2 Å². The number of pyridine rings is 1. The molecule has 0 atom stereocenters. The maximum Gasteiger partial charge on any atom is 0.314 e. The van der Waals surface area contributed by atoms with Gasteiger partial charge in [0.15, 0.2) is 0 Å². The van der Waals surface area contributed by atoms with Gasteiger partial charge >= 0.3 is 5.97 Å². The smallest absolute Gasteiger partial charge is 0.314 e. The molecule has 0 N–H and O–H groups in total. The van der Waals surface area contributed by atoms with Crippen LogP contribution in [0.2, 0.25) is 0 Å². The van der Waals surface area contributed by atoms with E-state index in [1.165, 1.54) is 50.5 Å². The van der Waals surface area contributed by atoms with E-state index < -0.39 is 0 Å². The quantitative estimate of drug-likeness (QED) is 0.318. The van der Waals surface area contributed by atoms with Gasteiger partial charge in [-0.1, -0.05) is 82.6 Å². The van der Waals surface area contributed by atoms with Gasteiger partial charge in [0.1, 0.15) is 5.75 Å². The van der Waals surface area contributed by atoms with Gasteiger partial charge in [0.2, 0.25) is 0 Å². The second-order valence-electron chi connectivity index (χ2n) is 8.35. The van der Waals surface area contributed by atoms with Gasteiger partial charge in [-0.25, -0.2) is 0 Å². The van der Waals surface area contributed by atoms with Crippen molar-refractivity contribution in [1.82, 2.24) is 4.98 Å². The van der Waals surface area contributed by atoms with Crippen molar-refractivity contribution >= 4 is 5.97 Å². The van der Waals surface area contributed by atoms with Gasteiger partial charge in [-0.15, -0.1) is 0 Å². The lowest BCUT2D eigenvalue weighted by Gasteiger charge is -2.19. The first-order valence-corrected chi connectivity index (χ1v) is 11.5. The van der Waals surface area contributed by atoms with Gasteiger partial charge in [-0.3, -0.25) is 9.78 Å². The van der Waals surface area contributed by atoms with E-state index in [0.717, 1.165) is 43.4 Å². The lowest BCUT2D eigenvalue weighted by molar-refractivity contribution is -0.140. The van der Waals surface area contributed by atoms with E-state index in [2.05, 4.69) is 36.2 Å². The summed E-state index contributed by atoms with van der Waals surface area (Å²) in [5.41, 5.74) is 3.40. The molecule has 0 radical (unpaired) electrons. The van der Waals surface area contributed by atoms with Gasteiger partial charge in [-0.05, 0) is 43.4 Å². The van der Waals surface area contributed by atoms with Crippen molar-refractivity contribution in [2.45, 2.75) is 84.0 Å². The minimum atomic E-state index is -0.0988. The summed E-state index contributed by atoms with van der Waals surface area (Å²) in [6, 6.07) is 12.5. The highest BCUT2D eigenvalue weighted by Crippen LogP contribution is 2.26. The van der Waals surface area contributed by atoms with Gasteiger partial charge in [0.25, 0.3) is 0 Å². The number of benzene rings is 1. The summed E-state index contributed by atoms with van der Waals surface area (Å²) in [5, 5.41) is 0. The summed E-state index contributed by atoms with van der Waals surface area (Å²) < 4.78 is 5.54. The summed E-state index contributed by atoms with van der Waals surface area (Å²) in [5.74, 6) is 0.505. The topological polar surface area (TPSA) is 39.2 Å². The van der Waals surface area contributed by atoms with Crippen LogP contribution in [0.1, 0.15) is 83.1 Å². The molecule has 1 aromatic carbocycles. The Kier molecular flexibility index (Phi) is 8.73. The molecule has 1 aliphatic rings. The molecular weight excluding hydrogens is 358 g/mol. The molecule has 1 fully saturated rings. The standard InChI is InChI=1S/C26H35NO2/c1-2-3-4-5-6-8-11-21-14-16-22(17-15-21)25-19-18-24(20-27-25)29-26(28)23-12-9-7-10-13-23/h14-20,23H,2-13H2,1H3. The molecule has 0 spiro atoms. The summed E-state index contributed by atoms with van der Waals surface area (Å²) >= 11 is 0. The van der Waals surface area contributed by atoms with Crippen LogP contribution in [0.5, 0.6) is 5.75 Å². The summed E-state index contributed by atoms with van der Waals surface area (Å²) in [4.78, 5) is 16.8. The fourth-order valence-electron chi connectivity index (χ4n) is 4.10. The van der Waals surface area contributed by atoms with Crippen molar-refractivity contribution < 1.29 is 9.53 Å². The predicted molar refractivity (Wildman–Crippen MR) is 119 cm³/mol. The molecule has 0 amide bonds. The molecule has 1 aliphatic carbocycles. The van der Waals surface area contributed by atoms with E-state index in [-0.39, 0.29) is 11.9 Å². The number of hydrogen-bond acceptors (Lipinski definition) is 3. The van der Waals surface area contributed by atoms with Crippen LogP contribution in [0.4, 0.5) is 0 Å². The number of unbranched alkanes of at least 4 members (excludes halogenated alkanes) is 5. The molecule has 2 aromatic rings. The molecule has 3 nitrogen and oxygen atoms in total. The minimum Gasteiger partial charge on any atom is -0.425 e. The van der Waals surface area contributed by atoms with Crippen molar-refractivity contribution in [3.63, 3.8) is 0 Å². The number of rotatable bonds is 10. The van der Waals surface area contributed by atoms with E-state index in [1.54, 1.807) is 6.20 Å². The Labute approximate surface area is 175 Å². The maximum atomic E-state index is 12.3. The Hall–Kier alpha value is -2.16. The second-order valence-corrected chi connectivity index (χ2v) is 8.35. The largest absolute Gasteiger partial charge is 0.425 e. The number of ether oxygens (including phenoxy) is 1. The van der Waals surface area contributed by atoms with Crippen LogP contribution in [0.15, 0.2) is 42.6 Å². The fourth-order valence-corrected chi connectivity index (χ4v) is 4.10. The zero-order chi connectivity index (χ0) is 20.3. The van der Waals surface area contributed by atoms with Gasteiger partial charge in [0.05, 0.1) is 17.8 Å². The molecule has 0 bridgehead atoms. The first kappa shape index (κ1) is 21.5. The number of aromatic nitrogens is 1. The van der Waals surface area contributed by atoms with Crippen molar-refractivity contribution in [3.8, 4) is 17.0 Å². The average molecular weight is 394 g/mol. The monoisotopic (exact) mass is 393 g/mol. The van der Waals surface area contributed by atoms with Crippen LogP contribution in [-0.4, -0.2) is 11.0 Å². The predicted octanol–water partition coefficient (Wildman–Crippen LogP) is 7.14. The summed E-state index contributed by atoms with van der Waals surface area (Å²) in [7, 11) is 0. The molecular formula is C26H35NO2. The Morgan fingerprint density at radius 2 is 1.66 bits per heavy atom. The molecule has 3 rings (SSSR count). The molecule has 1 saturated carbocycles. The normalized spacial score (nSPS) is 14.7. The maximum absolute atomic E-state index is 12.3. The molecule has 3 heteroatoms. The average Bonchev–Trinajstić information content (AvgIpc) is 2.78. The molecule has 0 unspecified atom stereocenters. The highest BCUT2D eigenvalue weighted by atomic mass is 16.5. The van der Waals surface area contributed by atoms with E-state index in [9.17, 15) is 4.79 Å². The zero-order valence-electron chi connectivity index (χ0n) is 17.9. The zero-order valence-corrected chi connectivity index (χ0v) is 17.9. The number of nitrogens with zero attached hydrogens (tertiary/aromatic N) is 1. The van der Waals surface area contributed by atoms with Crippen molar-refractivity contribution in [3.05, 3.63) is 48.2 Å². The highest BCUT2D eigenvalue weighted by molar-refractivity contribution is 5.75. The van der Waals surface area contributed by atoms with Crippen molar-refractivity contribution in [1.29, 1.82) is 0 Å². The number of carbonyl (C=O) groups is 1. The first-order valence-electron chi connectivity index (χ1n) is 11.5. The van der Waals surface area contributed by atoms with Crippen molar-refractivity contribution in [2.75, 3.05) is 0 Å². The minimum absolute atomic E-state index is 0.0580. The SMILES string of the molecule is CCCCCCCCc1ccc(-c2ccc(OC(=O)C3CCCCC3)cn2)cc1. The second kappa shape index (κ2) is 11.7. The van der Waals surface area contributed by atoms with E-state index in [4.69, 9.17) is 4.74 Å². The number of carbonyl (C=O) groups excluding carboxylic acids is 1. The third-order valence-electron chi connectivity index (χ3n) is 5.96.